The van der Waals surface area contributed by atoms with Gasteiger partial charge in [0.25, 0.3) is 0 Å². The Morgan fingerprint density at radius 2 is 2.00 bits per heavy atom. The zero-order chi connectivity index (χ0) is 32.3. The second kappa shape index (κ2) is 20.6. The minimum absolute atomic E-state index is 0.146. The number of likely N-dealkylation sites (tertiary alicyclic amines) is 1. The quantitative estimate of drug-likeness (QED) is 0.206. The highest BCUT2D eigenvalue weighted by Crippen LogP contribution is 2.19. The first-order valence-electron chi connectivity index (χ1n) is 15.6. The monoisotopic (exact) mass is 626 g/mol. The van der Waals surface area contributed by atoms with Crippen LogP contribution >= 0.6 is 11.8 Å². The van der Waals surface area contributed by atoms with E-state index in [9.17, 15) is 14.4 Å². The molecule has 44 heavy (non-hydrogen) atoms. The largest absolute Gasteiger partial charge is 0.461 e. The minimum Gasteiger partial charge on any atom is -0.461 e. The van der Waals surface area contributed by atoms with E-state index in [0.717, 1.165) is 55.5 Å². The average molecular weight is 627 g/mol. The van der Waals surface area contributed by atoms with Crippen molar-refractivity contribution >= 4 is 30.0 Å². The van der Waals surface area contributed by atoms with E-state index in [1.807, 2.05) is 40.0 Å². The van der Waals surface area contributed by atoms with Crippen molar-refractivity contribution in [3.8, 4) is 6.07 Å². The summed E-state index contributed by atoms with van der Waals surface area (Å²) >= 11 is 1.63. The van der Waals surface area contributed by atoms with E-state index in [0.29, 0.717) is 31.4 Å². The van der Waals surface area contributed by atoms with Crippen molar-refractivity contribution < 1.29 is 19.1 Å². The Balaban J connectivity index is 0.000000408. The summed E-state index contributed by atoms with van der Waals surface area (Å²) in [5, 5.41) is 11.4. The number of nitriles is 1. The van der Waals surface area contributed by atoms with Gasteiger partial charge < -0.3 is 24.4 Å². The Kier molecular flexibility index (Phi) is 17.2. The Bertz CT molecular complexity index is 1180. The maximum absolute atomic E-state index is 13.0. The number of hydrogen-bond acceptors (Lipinski definition) is 8. The molecular formula is C33H50N6O4S. The van der Waals surface area contributed by atoms with Crippen molar-refractivity contribution in [2.45, 2.75) is 78.5 Å². The Labute approximate surface area is 267 Å². The van der Waals surface area contributed by atoms with E-state index in [-0.39, 0.29) is 18.0 Å². The van der Waals surface area contributed by atoms with E-state index in [4.69, 9.17) is 10.00 Å². The molecule has 0 saturated carbocycles. The van der Waals surface area contributed by atoms with Crippen LogP contribution in [0.3, 0.4) is 0 Å². The highest BCUT2D eigenvalue weighted by atomic mass is 32.2. The predicted molar refractivity (Wildman–Crippen MR) is 175 cm³/mol. The van der Waals surface area contributed by atoms with Crippen LogP contribution in [0, 0.1) is 17.2 Å². The van der Waals surface area contributed by atoms with Crippen LogP contribution in [0.5, 0.6) is 0 Å². The van der Waals surface area contributed by atoms with Crippen LogP contribution in [0.2, 0.25) is 0 Å². The summed E-state index contributed by atoms with van der Waals surface area (Å²) in [7, 11) is 0. The number of rotatable bonds is 17. The molecule has 1 aliphatic heterocycles. The molecule has 2 atom stereocenters. The molecule has 1 aromatic carbocycles. The summed E-state index contributed by atoms with van der Waals surface area (Å²) < 4.78 is 7.02. The molecule has 1 saturated heterocycles. The molecule has 2 heterocycles. The third-order valence-corrected chi connectivity index (χ3v) is 8.21. The number of amides is 2. The molecule has 3 rings (SSSR count). The molecule has 0 aliphatic carbocycles. The lowest BCUT2D eigenvalue weighted by molar-refractivity contribution is -0.150. The van der Waals surface area contributed by atoms with Gasteiger partial charge in [-0.25, -0.2) is 9.78 Å². The van der Waals surface area contributed by atoms with Crippen molar-refractivity contribution in [3.63, 3.8) is 0 Å². The predicted octanol–water partition coefficient (Wildman–Crippen LogP) is 4.12. The molecule has 0 spiro atoms. The van der Waals surface area contributed by atoms with Crippen LogP contribution in [0.4, 0.5) is 0 Å². The van der Waals surface area contributed by atoms with Gasteiger partial charge in [0.15, 0.2) is 0 Å². The summed E-state index contributed by atoms with van der Waals surface area (Å²) in [5.74, 6) is 1.45. The van der Waals surface area contributed by atoms with Gasteiger partial charge in [0, 0.05) is 44.6 Å². The van der Waals surface area contributed by atoms with Crippen LogP contribution in [-0.4, -0.2) is 94.5 Å². The van der Waals surface area contributed by atoms with Gasteiger partial charge in [-0.15, -0.1) is 0 Å². The first-order valence-corrected chi connectivity index (χ1v) is 17.0. The summed E-state index contributed by atoms with van der Waals surface area (Å²) in [6.45, 7) is 13.5. The Morgan fingerprint density at radius 3 is 2.59 bits per heavy atom. The maximum Gasteiger partial charge on any atom is 0.328 e. The maximum atomic E-state index is 13.0. The third-order valence-electron chi connectivity index (χ3n) is 7.56. The van der Waals surface area contributed by atoms with Gasteiger partial charge in [0.1, 0.15) is 6.04 Å². The number of thioether (sulfide) groups is 1. The van der Waals surface area contributed by atoms with E-state index in [1.54, 1.807) is 38.1 Å². The average Bonchev–Trinajstić information content (AvgIpc) is 3.66. The van der Waals surface area contributed by atoms with Gasteiger partial charge in [0.2, 0.25) is 12.3 Å². The number of carbonyl (C=O) groups excluding carboxylic acids is 3. The molecule has 2 aromatic rings. The third kappa shape index (κ3) is 13.1. The zero-order valence-corrected chi connectivity index (χ0v) is 27.9. The van der Waals surface area contributed by atoms with Crippen LogP contribution in [0.15, 0.2) is 36.8 Å². The summed E-state index contributed by atoms with van der Waals surface area (Å²) in [5.41, 5.74) is 2.67. The van der Waals surface area contributed by atoms with Gasteiger partial charge in [-0.05, 0) is 75.3 Å². The number of imidazole rings is 1. The zero-order valence-electron chi connectivity index (χ0n) is 27.0. The minimum atomic E-state index is -0.512. The number of nitrogens with zero attached hydrogens (tertiary/aromatic N) is 5. The van der Waals surface area contributed by atoms with Crippen LogP contribution in [0.1, 0.15) is 70.2 Å². The van der Waals surface area contributed by atoms with Gasteiger partial charge in [-0.2, -0.15) is 17.0 Å². The standard InChI is InChI=1S/C24H33N5O.C9H17NO3S/c1-3-10-28(13-12-27-11-9-20(4-2)17-27)24(30)14-23-16-26-19-29(23)18-22-7-5-21(15-25)6-8-22;1-7(2)13-9(12)8(10-6-11)4-5-14-3/h5-8,16,19-20H,3-4,9-14,17-18H2,1-2H3;6-8H,4-5H2,1-3H3,(H,10,11)/t20-;8-/m00/s1. The molecule has 0 unspecified atom stereocenters. The molecule has 1 aliphatic rings. The van der Waals surface area contributed by atoms with Gasteiger partial charge in [0.05, 0.1) is 30.5 Å². The topological polar surface area (TPSA) is 121 Å². The molecule has 0 radical (unpaired) electrons. The molecule has 2 amide bonds. The number of benzene rings is 1. The lowest BCUT2D eigenvalue weighted by Gasteiger charge is -2.25. The molecule has 0 bridgehead atoms. The fourth-order valence-electron chi connectivity index (χ4n) is 5.03. The van der Waals surface area contributed by atoms with E-state index in [1.165, 1.54) is 19.4 Å². The van der Waals surface area contributed by atoms with E-state index in [2.05, 4.69) is 35.1 Å². The molecule has 1 N–H and O–H groups in total. The summed E-state index contributed by atoms with van der Waals surface area (Å²) in [6.07, 6.45) is 10.4. The lowest BCUT2D eigenvalue weighted by Crippen LogP contribution is -2.39. The fourth-order valence-corrected chi connectivity index (χ4v) is 5.50. The van der Waals surface area contributed by atoms with Crippen molar-refractivity contribution in [1.29, 1.82) is 5.26 Å². The highest BCUT2D eigenvalue weighted by molar-refractivity contribution is 7.98. The van der Waals surface area contributed by atoms with Gasteiger partial charge >= 0.3 is 5.97 Å². The highest BCUT2D eigenvalue weighted by Gasteiger charge is 2.23. The molecule has 242 valence electrons. The van der Waals surface area contributed by atoms with E-state index < -0.39 is 6.04 Å². The van der Waals surface area contributed by atoms with Crippen molar-refractivity contribution in [1.82, 2.24) is 24.7 Å². The smallest absolute Gasteiger partial charge is 0.328 e. The lowest BCUT2D eigenvalue weighted by atomic mass is 10.1. The number of hydrogen-bond donors (Lipinski definition) is 1. The summed E-state index contributed by atoms with van der Waals surface area (Å²) in [6, 6.07) is 9.17. The number of nitrogens with one attached hydrogen (secondary N) is 1. The molecule has 1 fully saturated rings. The van der Waals surface area contributed by atoms with Crippen LogP contribution in [-0.2, 0) is 32.1 Å². The summed E-state index contributed by atoms with van der Waals surface area (Å²) in [4.78, 5) is 43.5. The second-order valence-electron chi connectivity index (χ2n) is 11.3. The number of ether oxygens (including phenoxy) is 1. The van der Waals surface area contributed by atoms with Crippen LogP contribution in [0.25, 0.3) is 0 Å². The molecule has 11 heteroatoms. The SMILES string of the molecule is CCCN(CCN1CC[C@H](CC)C1)C(=O)Cc1cncn1Cc1ccc(C#N)cc1.CSCC[C@H](NC=O)C(=O)OC(C)C. The first-order chi connectivity index (χ1) is 21.2. The van der Waals surface area contributed by atoms with Gasteiger partial charge in [-0.3, -0.25) is 9.59 Å². The number of aromatic nitrogens is 2. The van der Waals surface area contributed by atoms with Gasteiger partial charge in [-0.1, -0.05) is 32.4 Å². The van der Waals surface area contributed by atoms with Crippen molar-refractivity contribution in [3.05, 3.63) is 53.6 Å². The number of esters is 1. The molecule has 1 aromatic heterocycles. The Morgan fingerprint density at radius 1 is 1.25 bits per heavy atom. The van der Waals surface area contributed by atoms with E-state index >= 15 is 0 Å². The molecule has 10 nitrogen and oxygen atoms in total. The molecular weight excluding hydrogens is 576 g/mol. The second-order valence-corrected chi connectivity index (χ2v) is 12.3. The normalized spacial score (nSPS) is 15.2. The first kappa shape index (κ1) is 36.8. The Hall–Kier alpha value is -3.36. The van der Waals surface area contributed by atoms with Crippen molar-refractivity contribution in [2.24, 2.45) is 5.92 Å². The fraction of sp³-hybridized carbons (Fsp3) is 0.606. The van der Waals surface area contributed by atoms with Crippen LogP contribution < -0.4 is 5.32 Å². The van der Waals surface area contributed by atoms with Crippen molar-refractivity contribution in [2.75, 3.05) is 44.7 Å². The number of carbonyl (C=O) groups is 3.